The number of methoxy groups -OCH3 is 1. The molecule has 2 heteroatoms. The van der Waals surface area contributed by atoms with E-state index in [0.29, 0.717) is 11.3 Å². The highest BCUT2D eigenvalue weighted by molar-refractivity contribution is 5.65. The van der Waals surface area contributed by atoms with E-state index in [1.807, 2.05) is 19.1 Å². The lowest BCUT2D eigenvalue weighted by Crippen LogP contribution is -1.92. The Hall–Kier alpha value is -1.31. The first-order valence-electron chi connectivity index (χ1n) is 4.25. The summed E-state index contributed by atoms with van der Waals surface area (Å²) in [5.74, 6) is 0.0848. The van der Waals surface area contributed by atoms with Crippen molar-refractivity contribution in [2.24, 2.45) is 0 Å². The van der Waals surface area contributed by atoms with Gasteiger partial charge in [0.05, 0.1) is 7.11 Å². The number of halogens is 1. The van der Waals surface area contributed by atoms with Crippen LogP contribution in [0.5, 0.6) is 5.75 Å². The molecular formula is C11H11FO. The molecule has 1 aliphatic rings. The summed E-state index contributed by atoms with van der Waals surface area (Å²) in [5.41, 5.74) is 2.94. The Morgan fingerprint density at radius 1 is 1.38 bits per heavy atom. The highest BCUT2D eigenvalue weighted by atomic mass is 19.1. The van der Waals surface area contributed by atoms with E-state index in [0.717, 1.165) is 12.0 Å². The molecule has 68 valence electrons. The summed E-state index contributed by atoms with van der Waals surface area (Å²) in [7, 11) is 1.48. The fourth-order valence-corrected chi connectivity index (χ4v) is 1.68. The molecule has 13 heavy (non-hydrogen) atoms. The van der Waals surface area contributed by atoms with Crippen LogP contribution in [0.2, 0.25) is 0 Å². The molecule has 0 spiro atoms. The summed E-state index contributed by atoms with van der Waals surface area (Å²) < 4.78 is 18.5. The minimum absolute atomic E-state index is 0.239. The normalized spacial score (nSPS) is 13.9. The third-order valence-electron chi connectivity index (χ3n) is 2.31. The van der Waals surface area contributed by atoms with Crippen LogP contribution >= 0.6 is 0 Å². The number of rotatable bonds is 1. The summed E-state index contributed by atoms with van der Waals surface area (Å²) in [4.78, 5) is 0. The molecule has 0 bridgehead atoms. The lowest BCUT2D eigenvalue weighted by atomic mass is 10.1. The Morgan fingerprint density at radius 3 is 2.85 bits per heavy atom. The largest absolute Gasteiger partial charge is 0.494 e. The Morgan fingerprint density at radius 2 is 2.15 bits per heavy atom. The number of ether oxygens (including phenoxy) is 1. The van der Waals surface area contributed by atoms with Crippen LogP contribution in [0.15, 0.2) is 17.7 Å². The van der Waals surface area contributed by atoms with Gasteiger partial charge < -0.3 is 4.74 Å². The molecule has 1 aromatic carbocycles. The summed E-state index contributed by atoms with van der Waals surface area (Å²) in [6.45, 7) is 2.01. The third-order valence-corrected chi connectivity index (χ3v) is 2.31. The predicted molar refractivity (Wildman–Crippen MR) is 50.3 cm³/mol. The maximum absolute atomic E-state index is 13.6. The van der Waals surface area contributed by atoms with Crippen molar-refractivity contribution in [2.45, 2.75) is 13.3 Å². The van der Waals surface area contributed by atoms with Crippen LogP contribution in [-0.4, -0.2) is 7.11 Å². The average Bonchev–Trinajstić information content (AvgIpc) is 2.47. The molecule has 1 aromatic rings. The van der Waals surface area contributed by atoms with E-state index in [2.05, 4.69) is 0 Å². The molecule has 0 radical (unpaired) electrons. The molecule has 1 aliphatic carbocycles. The van der Waals surface area contributed by atoms with Gasteiger partial charge in [-0.2, -0.15) is 0 Å². The van der Waals surface area contributed by atoms with Gasteiger partial charge in [-0.25, -0.2) is 4.39 Å². The number of benzene rings is 1. The van der Waals surface area contributed by atoms with E-state index >= 15 is 0 Å². The van der Waals surface area contributed by atoms with Gasteiger partial charge in [0.15, 0.2) is 11.6 Å². The molecule has 0 saturated carbocycles. The standard InChI is InChI=1S/C11H11FO/c1-7-5-8-3-4-10(13-2)11(12)9(8)6-7/h3-4,6H,5H2,1-2H3. The van der Waals surface area contributed by atoms with Crippen molar-refractivity contribution in [1.82, 2.24) is 0 Å². The van der Waals surface area contributed by atoms with Gasteiger partial charge in [0.2, 0.25) is 0 Å². The minimum atomic E-state index is -0.239. The van der Waals surface area contributed by atoms with E-state index in [4.69, 9.17) is 4.74 Å². The molecule has 0 amide bonds. The lowest BCUT2D eigenvalue weighted by molar-refractivity contribution is 0.386. The first-order valence-corrected chi connectivity index (χ1v) is 4.25. The minimum Gasteiger partial charge on any atom is -0.494 e. The Labute approximate surface area is 76.8 Å². The van der Waals surface area contributed by atoms with Crippen molar-refractivity contribution in [3.63, 3.8) is 0 Å². The Kier molecular flexibility index (Phi) is 1.83. The second-order valence-electron chi connectivity index (χ2n) is 3.32. The Balaban J connectivity index is 2.58. The molecule has 0 aliphatic heterocycles. The number of allylic oxidation sites excluding steroid dienone is 1. The average molecular weight is 178 g/mol. The maximum Gasteiger partial charge on any atom is 0.172 e. The molecule has 0 atom stereocenters. The second-order valence-corrected chi connectivity index (χ2v) is 3.32. The summed E-state index contributed by atoms with van der Waals surface area (Å²) >= 11 is 0. The molecular weight excluding hydrogens is 167 g/mol. The highest BCUT2D eigenvalue weighted by Gasteiger charge is 2.16. The van der Waals surface area contributed by atoms with Gasteiger partial charge in [-0.05, 0) is 25.0 Å². The van der Waals surface area contributed by atoms with Crippen molar-refractivity contribution in [3.8, 4) is 5.75 Å². The number of fused-ring (bicyclic) bond motifs is 1. The first kappa shape index (κ1) is 8.30. The first-order chi connectivity index (χ1) is 6.22. The maximum atomic E-state index is 13.6. The molecule has 2 rings (SSSR count). The molecule has 0 aromatic heterocycles. The molecule has 1 nitrogen and oxygen atoms in total. The molecule has 0 fully saturated rings. The van der Waals surface area contributed by atoms with Crippen molar-refractivity contribution in [2.75, 3.05) is 7.11 Å². The SMILES string of the molecule is COc1ccc2c(c1F)C=C(C)C2. The third kappa shape index (κ3) is 1.22. The second kappa shape index (κ2) is 2.87. The van der Waals surface area contributed by atoms with Crippen LogP contribution in [0.1, 0.15) is 18.1 Å². The van der Waals surface area contributed by atoms with Gasteiger partial charge in [-0.15, -0.1) is 0 Å². The summed E-state index contributed by atoms with van der Waals surface area (Å²) in [6, 6.07) is 3.60. The van der Waals surface area contributed by atoms with Gasteiger partial charge in [0, 0.05) is 5.56 Å². The van der Waals surface area contributed by atoms with Gasteiger partial charge in [-0.3, -0.25) is 0 Å². The van der Waals surface area contributed by atoms with Gasteiger partial charge in [-0.1, -0.05) is 17.7 Å². The quantitative estimate of drug-likeness (QED) is 0.642. The van der Waals surface area contributed by atoms with Crippen molar-refractivity contribution >= 4 is 6.08 Å². The van der Waals surface area contributed by atoms with Crippen LogP contribution in [0.25, 0.3) is 6.08 Å². The zero-order valence-corrected chi connectivity index (χ0v) is 7.73. The Bertz CT molecular complexity index is 380. The van der Waals surface area contributed by atoms with Crippen LogP contribution in [0, 0.1) is 5.82 Å². The monoisotopic (exact) mass is 178 g/mol. The van der Waals surface area contributed by atoms with Gasteiger partial charge in [0.1, 0.15) is 0 Å². The van der Waals surface area contributed by atoms with E-state index in [1.165, 1.54) is 12.7 Å². The van der Waals surface area contributed by atoms with Crippen LogP contribution in [0.3, 0.4) is 0 Å². The van der Waals surface area contributed by atoms with Crippen LogP contribution in [-0.2, 0) is 6.42 Å². The lowest BCUT2D eigenvalue weighted by Gasteiger charge is -2.05. The van der Waals surface area contributed by atoms with Gasteiger partial charge in [0.25, 0.3) is 0 Å². The van der Waals surface area contributed by atoms with Crippen molar-refractivity contribution < 1.29 is 9.13 Å². The van der Waals surface area contributed by atoms with Crippen molar-refractivity contribution in [3.05, 3.63) is 34.6 Å². The van der Waals surface area contributed by atoms with E-state index < -0.39 is 0 Å². The van der Waals surface area contributed by atoms with Gasteiger partial charge >= 0.3 is 0 Å². The fourth-order valence-electron chi connectivity index (χ4n) is 1.68. The molecule has 0 unspecified atom stereocenters. The van der Waals surface area contributed by atoms with Crippen LogP contribution in [0.4, 0.5) is 4.39 Å². The van der Waals surface area contributed by atoms with Crippen molar-refractivity contribution in [1.29, 1.82) is 0 Å². The fraction of sp³-hybridized carbons (Fsp3) is 0.273. The molecule has 0 N–H and O–H groups in total. The summed E-state index contributed by atoms with van der Waals surface area (Å²) in [5, 5.41) is 0. The van der Waals surface area contributed by atoms with E-state index in [1.54, 1.807) is 6.07 Å². The van der Waals surface area contributed by atoms with Crippen LogP contribution < -0.4 is 4.74 Å². The number of hydrogen-bond acceptors (Lipinski definition) is 1. The highest BCUT2D eigenvalue weighted by Crippen LogP contribution is 2.31. The van der Waals surface area contributed by atoms with E-state index in [-0.39, 0.29) is 5.82 Å². The zero-order valence-electron chi connectivity index (χ0n) is 7.73. The zero-order chi connectivity index (χ0) is 9.42. The smallest absolute Gasteiger partial charge is 0.172 e. The molecule has 0 saturated heterocycles. The van der Waals surface area contributed by atoms with E-state index in [9.17, 15) is 4.39 Å². The topological polar surface area (TPSA) is 9.23 Å². The summed E-state index contributed by atoms with van der Waals surface area (Å²) in [6.07, 6.45) is 2.74. The number of hydrogen-bond donors (Lipinski definition) is 0. The predicted octanol–water partition coefficient (Wildman–Crippen LogP) is 2.79. The molecule has 0 heterocycles.